The van der Waals surface area contributed by atoms with E-state index in [1.165, 1.54) is 16.0 Å². The van der Waals surface area contributed by atoms with Crippen molar-refractivity contribution in [1.82, 2.24) is 0 Å². The summed E-state index contributed by atoms with van der Waals surface area (Å²) in [6.07, 6.45) is 2.80. The van der Waals surface area contributed by atoms with Crippen LogP contribution in [0.1, 0.15) is 16.7 Å². The number of hydrogen-bond acceptors (Lipinski definition) is 4. The van der Waals surface area contributed by atoms with Gasteiger partial charge in [-0.05, 0) is 5.56 Å². The molecule has 0 spiro atoms. The van der Waals surface area contributed by atoms with Gasteiger partial charge in [-0.3, -0.25) is 4.90 Å². The summed E-state index contributed by atoms with van der Waals surface area (Å²) in [5, 5.41) is 13.2. The number of H-pyrrole nitrogens is 1. The summed E-state index contributed by atoms with van der Waals surface area (Å²) in [7, 11) is 2.20. The largest absolute Gasteiger partial charge is 0.375 e. The first kappa shape index (κ1) is 15.8. The Balaban J connectivity index is 2.08. The smallest absolute Gasteiger partial charge is 0.240 e. The second kappa shape index (κ2) is 6.99. The summed E-state index contributed by atoms with van der Waals surface area (Å²) in [6, 6.07) is 2.45. The summed E-state index contributed by atoms with van der Waals surface area (Å²) in [4.78, 5) is 7.19. The Hall–Kier alpha value is -2.10. The van der Waals surface area contributed by atoms with E-state index >= 15 is 0 Å². The van der Waals surface area contributed by atoms with E-state index in [2.05, 4.69) is 34.9 Å². The lowest BCUT2D eigenvalue weighted by Gasteiger charge is -2.28. The Labute approximate surface area is 137 Å². The van der Waals surface area contributed by atoms with E-state index in [1.54, 1.807) is 0 Å². The lowest BCUT2D eigenvalue weighted by atomic mass is 9.95. The van der Waals surface area contributed by atoms with Gasteiger partial charge in [0.15, 0.2) is 0 Å². The van der Waals surface area contributed by atoms with E-state index < -0.39 is 0 Å². The molecule has 122 valence electrons. The van der Waals surface area contributed by atoms with Gasteiger partial charge in [0.2, 0.25) is 11.6 Å². The number of pyridine rings is 1. The van der Waals surface area contributed by atoms with E-state index in [1.807, 2.05) is 6.08 Å². The molecule has 1 saturated heterocycles. The van der Waals surface area contributed by atoms with Crippen molar-refractivity contribution in [3.05, 3.63) is 29.3 Å². The van der Waals surface area contributed by atoms with Gasteiger partial charge in [0.25, 0.3) is 0 Å². The van der Waals surface area contributed by atoms with Crippen LogP contribution in [0.15, 0.2) is 12.7 Å². The lowest BCUT2D eigenvalue weighted by molar-refractivity contribution is -0.895. The Bertz CT molecular complexity index is 631. The molecule has 1 aromatic heterocycles. The van der Waals surface area contributed by atoms with Crippen molar-refractivity contribution in [1.29, 1.82) is 5.26 Å². The molecule has 0 bridgehead atoms. The van der Waals surface area contributed by atoms with Gasteiger partial charge in [-0.1, -0.05) is 12.7 Å². The average Bonchev–Trinajstić information content (AvgIpc) is 2.59. The van der Waals surface area contributed by atoms with Crippen LogP contribution in [-0.2, 0) is 17.7 Å². The molecule has 6 heteroatoms. The molecule has 6 nitrogen and oxygen atoms in total. The van der Waals surface area contributed by atoms with Gasteiger partial charge in [0.05, 0.1) is 52.0 Å². The van der Waals surface area contributed by atoms with Gasteiger partial charge in [-0.15, -0.1) is 0 Å². The van der Waals surface area contributed by atoms with Crippen LogP contribution in [0.3, 0.4) is 0 Å². The van der Waals surface area contributed by atoms with Crippen LogP contribution < -0.4 is 20.1 Å². The monoisotopic (exact) mass is 315 g/mol. The number of ether oxygens (including phenoxy) is 1. The second-order valence-corrected chi connectivity index (χ2v) is 6.20. The van der Waals surface area contributed by atoms with Crippen molar-refractivity contribution in [2.75, 3.05) is 56.7 Å². The predicted molar refractivity (Wildman–Crippen MR) is 88.6 cm³/mol. The molecule has 1 unspecified atom stereocenters. The number of nitrogens with zero attached hydrogens (tertiary/aromatic N) is 2. The highest BCUT2D eigenvalue weighted by molar-refractivity contribution is 5.61. The third kappa shape index (κ3) is 3.16. The SMILES string of the molecule is C=CCNc1[nH+]c(N2CCOCC2)c(C#N)c2c1C[NH+](C)CC2. The van der Waals surface area contributed by atoms with Crippen molar-refractivity contribution in [2.45, 2.75) is 13.0 Å². The lowest BCUT2D eigenvalue weighted by Crippen LogP contribution is -3.08. The number of aromatic nitrogens is 1. The minimum Gasteiger partial charge on any atom is -0.375 e. The number of nitriles is 1. The molecule has 2 aliphatic heterocycles. The van der Waals surface area contributed by atoms with Gasteiger partial charge in [0, 0.05) is 6.42 Å². The van der Waals surface area contributed by atoms with Gasteiger partial charge < -0.3 is 15.0 Å². The average molecular weight is 315 g/mol. The van der Waals surface area contributed by atoms with Crippen molar-refractivity contribution < 1.29 is 14.6 Å². The number of morpholine rings is 1. The van der Waals surface area contributed by atoms with Gasteiger partial charge in [0.1, 0.15) is 18.2 Å². The molecule has 0 saturated carbocycles. The van der Waals surface area contributed by atoms with Gasteiger partial charge in [-0.2, -0.15) is 5.26 Å². The number of nitrogens with one attached hydrogen (secondary N) is 3. The fourth-order valence-corrected chi connectivity index (χ4v) is 3.37. The Morgan fingerprint density at radius 1 is 1.43 bits per heavy atom. The van der Waals surface area contributed by atoms with E-state index in [4.69, 9.17) is 4.74 Å². The normalized spacial score (nSPS) is 20.5. The molecule has 1 aromatic rings. The highest BCUT2D eigenvalue weighted by Crippen LogP contribution is 2.27. The molecule has 3 heterocycles. The molecule has 0 aliphatic carbocycles. The van der Waals surface area contributed by atoms with Crippen LogP contribution >= 0.6 is 0 Å². The minimum atomic E-state index is 0.705. The highest BCUT2D eigenvalue weighted by atomic mass is 16.5. The topological polar surface area (TPSA) is 66.9 Å². The Morgan fingerprint density at radius 3 is 2.91 bits per heavy atom. The van der Waals surface area contributed by atoms with E-state index in [0.717, 1.165) is 49.8 Å². The van der Waals surface area contributed by atoms with Crippen LogP contribution in [-0.4, -0.2) is 46.4 Å². The van der Waals surface area contributed by atoms with E-state index in [0.29, 0.717) is 19.8 Å². The van der Waals surface area contributed by atoms with Crippen LogP contribution in [0.5, 0.6) is 0 Å². The molecular weight excluding hydrogens is 290 g/mol. The summed E-state index contributed by atoms with van der Waals surface area (Å²) >= 11 is 0. The number of hydrogen-bond donors (Lipinski definition) is 2. The van der Waals surface area contributed by atoms with Crippen LogP contribution in [0.2, 0.25) is 0 Å². The van der Waals surface area contributed by atoms with Gasteiger partial charge >= 0.3 is 0 Å². The zero-order chi connectivity index (χ0) is 16.2. The summed E-state index contributed by atoms with van der Waals surface area (Å²) in [5.74, 6) is 1.96. The highest BCUT2D eigenvalue weighted by Gasteiger charge is 2.31. The molecule has 0 radical (unpaired) electrons. The molecule has 3 N–H and O–H groups in total. The second-order valence-electron chi connectivity index (χ2n) is 6.20. The van der Waals surface area contributed by atoms with Crippen molar-refractivity contribution in [3.63, 3.8) is 0 Å². The summed E-state index contributed by atoms with van der Waals surface area (Å²) < 4.78 is 5.45. The predicted octanol–water partition coefficient (Wildman–Crippen LogP) is -0.622. The Morgan fingerprint density at radius 2 is 2.22 bits per heavy atom. The number of fused-ring (bicyclic) bond motifs is 1. The van der Waals surface area contributed by atoms with E-state index in [9.17, 15) is 5.26 Å². The molecule has 3 rings (SSSR count). The third-order valence-electron chi connectivity index (χ3n) is 4.59. The Kier molecular flexibility index (Phi) is 4.79. The number of quaternary nitrogens is 1. The van der Waals surface area contributed by atoms with Crippen LogP contribution in [0.25, 0.3) is 0 Å². The fourth-order valence-electron chi connectivity index (χ4n) is 3.37. The number of likely N-dealkylation sites (N-methyl/N-ethyl adjacent to an activating group) is 1. The molecule has 0 aromatic carbocycles. The molecule has 1 atom stereocenters. The van der Waals surface area contributed by atoms with Crippen LogP contribution in [0, 0.1) is 11.3 Å². The molecule has 2 aliphatic rings. The maximum atomic E-state index is 9.77. The van der Waals surface area contributed by atoms with E-state index in [-0.39, 0.29) is 0 Å². The van der Waals surface area contributed by atoms with Crippen LogP contribution in [0.4, 0.5) is 11.6 Å². The number of rotatable bonds is 4. The number of anilines is 2. The summed E-state index contributed by atoms with van der Waals surface area (Å²) in [6.45, 7) is 9.54. The first-order chi connectivity index (χ1) is 11.2. The maximum absolute atomic E-state index is 9.77. The first-order valence-electron chi connectivity index (χ1n) is 8.24. The fraction of sp³-hybridized carbons (Fsp3) is 0.529. The van der Waals surface area contributed by atoms with Crippen molar-refractivity contribution in [3.8, 4) is 6.07 Å². The molecular formula is C17H25N5O+2. The quantitative estimate of drug-likeness (QED) is 0.727. The van der Waals surface area contributed by atoms with Crippen molar-refractivity contribution >= 4 is 11.6 Å². The zero-order valence-electron chi connectivity index (χ0n) is 13.7. The zero-order valence-corrected chi connectivity index (χ0v) is 13.7. The number of aromatic amines is 1. The van der Waals surface area contributed by atoms with Gasteiger partial charge in [-0.25, -0.2) is 4.98 Å². The molecule has 0 amide bonds. The molecule has 23 heavy (non-hydrogen) atoms. The minimum absolute atomic E-state index is 0.705. The van der Waals surface area contributed by atoms with Crippen molar-refractivity contribution in [2.24, 2.45) is 0 Å². The molecule has 1 fully saturated rings. The summed E-state index contributed by atoms with van der Waals surface area (Å²) in [5.41, 5.74) is 3.24. The first-order valence-corrected chi connectivity index (χ1v) is 8.24. The standard InChI is InChI=1S/C17H23N5O/c1-3-5-19-16-15-12-21(2)6-4-13(15)14(11-18)17(20-16)22-7-9-23-10-8-22/h3H,1,4-10,12H2,2H3,(H,19,20)/p+2. The maximum Gasteiger partial charge on any atom is 0.240 e. The third-order valence-corrected chi connectivity index (χ3v) is 4.59.